The quantitative estimate of drug-likeness (QED) is 0.842. The number of amides is 1. The van der Waals surface area contributed by atoms with E-state index in [9.17, 15) is 4.79 Å². The van der Waals surface area contributed by atoms with Crippen LogP contribution in [-0.2, 0) is 11.2 Å². The second-order valence-corrected chi connectivity index (χ2v) is 6.15. The highest BCUT2D eigenvalue weighted by Gasteiger charge is 2.37. The number of hydrogen-bond acceptors (Lipinski definition) is 4. The van der Waals surface area contributed by atoms with Gasteiger partial charge in [0.25, 0.3) is 0 Å². The molecular weight excluding hydrogens is 254 g/mol. The van der Waals surface area contributed by atoms with Crippen molar-refractivity contribution in [2.75, 3.05) is 19.6 Å². The molecule has 1 atom stereocenters. The summed E-state index contributed by atoms with van der Waals surface area (Å²) in [5, 5.41) is 3.82. The van der Waals surface area contributed by atoms with E-state index in [-0.39, 0.29) is 5.91 Å². The third kappa shape index (κ3) is 2.73. The van der Waals surface area contributed by atoms with Gasteiger partial charge in [-0.25, -0.2) is 0 Å². The highest BCUT2D eigenvalue weighted by molar-refractivity contribution is 5.79. The Balaban J connectivity index is 1.48. The first-order chi connectivity index (χ1) is 9.63. The summed E-state index contributed by atoms with van der Waals surface area (Å²) < 4.78 is 5.11. The van der Waals surface area contributed by atoms with E-state index in [1.807, 2.05) is 17.9 Å². The van der Waals surface area contributed by atoms with Crippen molar-refractivity contribution in [2.45, 2.75) is 51.6 Å². The Morgan fingerprint density at radius 1 is 1.45 bits per heavy atom. The second kappa shape index (κ2) is 5.56. The predicted octanol–water partition coefficient (Wildman–Crippen LogP) is 1.61. The van der Waals surface area contributed by atoms with Crippen LogP contribution in [0.5, 0.6) is 0 Å². The molecule has 5 nitrogen and oxygen atoms in total. The van der Waals surface area contributed by atoms with E-state index in [0.717, 1.165) is 18.8 Å². The number of carbonyl (C=O) groups excluding carboxylic acids is 1. The van der Waals surface area contributed by atoms with Crippen molar-refractivity contribution >= 4 is 5.91 Å². The predicted molar refractivity (Wildman–Crippen MR) is 75.3 cm³/mol. The molecule has 5 heteroatoms. The van der Waals surface area contributed by atoms with Crippen LogP contribution in [0.4, 0.5) is 0 Å². The zero-order valence-electron chi connectivity index (χ0n) is 12.3. The number of likely N-dealkylation sites (tertiary alicyclic amines) is 2. The first-order valence-electron chi connectivity index (χ1n) is 7.59. The third-order valence-corrected chi connectivity index (χ3v) is 4.54. The smallest absolute Gasteiger partial charge is 0.230 e. The van der Waals surface area contributed by atoms with Crippen molar-refractivity contribution in [2.24, 2.45) is 0 Å². The van der Waals surface area contributed by atoms with Crippen LogP contribution < -0.4 is 0 Å². The molecule has 2 aliphatic heterocycles. The molecule has 1 aromatic rings. The van der Waals surface area contributed by atoms with Gasteiger partial charge in [0.05, 0.1) is 12.1 Å². The van der Waals surface area contributed by atoms with Crippen LogP contribution >= 0.6 is 0 Å². The number of aromatic nitrogens is 1. The van der Waals surface area contributed by atoms with Crippen LogP contribution in [0.15, 0.2) is 10.6 Å². The monoisotopic (exact) mass is 277 g/mol. The average Bonchev–Trinajstić information content (AvgIpc) is 2.75. The Labute approximate surface area is 119 Å². The lowest BCUT2D eigenvalue weighted by Crippen LogP contribution is -2.63. The fraction of sp³-hybridized carbons (Fsp3) is 0.733. The molecule has 0 bridgehead atoms. The number of nitrogens with zero attached hydrogens (tertiary/aromatic N) is 3. The van der Waals surface area contributed by atoms with Gasteiger partial charge in [-0.2, -0.15) is 0 Å². The van der Waals surface area contributed by atoms with Gasteiger partial charge >= 0.3 is 0 Å². The topological polar surface area (TPSA) is 49.6 Å². The van der Waals surface area contributed by atoms with Crippen molar-refractivity contribution in [3.05, 3.63) is 17.5 Å². The van der Waals surface area contributed by atoms with Gasteiger partial charge in [-0.15, -0.1) is 0 Å². The summed E-state index contributed by atoms with van der Waals surface area (Å²) in [6.07, 6.45) is 4.27. The van der Waals surface area contributed by atoms with E-state index in [4.69, 9.17) is 4.52 Å². The van der Waals surface area contributed by atoms with Crippen LogP contribution in [0.3, 0.4) is 0 Å². The molecule has 0 radical (unpaired) electrons. The minimum atomic E-state index is 0.155. The Kier molecular flexibility index (Phi) is 3.78. The van der Waals surface area contributed by atoms with Gasteiger partial charge < -0.3 is 9.42 Å². The first kappa shape index (κ1) is 13.6. The number of hydrogen-bond donors (Lipinski definition) is 0. The Morgan fingerprint density at radius 3 is 2.90 bits per heavy atom. The highest BCUT2D eigenvalue weighted by atomic mass is 16.5. The third-order valence-electron chi connectivity index (χ3n) is 4.54. The SMILES string of the molecule is Cc1cc(CC(=O)N2CC(N3CCCC[C@H]3C)C2)on1. The van der Waals surface area contributed by atoms with Crippen molar-refractivity contribution < 1.29 is 9.32 Å². The molecule has 110 valence electrons. The lowest BCUT2D eigenvalue weighted by molar-refractivity contribution is -0.139. The Hall–Kier alpha value is -1.36. The molecule has 0 saturated carbocycles. The fourth-order valence-electron chi connectivity index (χ4n) is 3.29. The number of aryl methyl sites for hydroxylation is 1. The van der Waals surface area contributed by atoms with Gasteiger partial charge in [-0.3, -0.25) is 9.69 Å². The van der Waals surface area contributed by atoms with E-state index < -0.39 is 0 Å². The standard InChI is InChI=1S/C15H23N3O2/c1-11-7-14(20-16-11)8-15(19)17-9-13(10-17)18-6-4-3-5-12(18)2/h7,12-13H,3-6,8-10H2,1-2H3/t12-/m1/s1. The maximum atomic E-state index is 12.1. The summed E-state index contributed by atoms with van der Waals surface area (Å²) in [5.41, 5.74) is 0.830. The number of rotatable bonds is 3. The molecule has 0 aromatic carbocycles. The van der Waals surface area contributed by atoms with Gasteiger partial charge in [0, 0.05) is 31.2 Å². The first-order valence-corrected chi connectivity index (χ1v) is 7.59. The second-order valence-electron chi connectivity index (χ2n) is 6.15. The summed E-state index contributed by atoms with van der Waals surface area (Å²) in [6, 6.07) is 3.07. The minimum absolute atomic E-state index is 0.155. The molecule has 0 unspecified atom stereocenters. The van der Waals surface area contributed by atoms with Crippen LogP contribution in [0.25, 0.3) is 0 Å². The van der Waals surface area contributed by atoms with E-state index >= 15 is 0 Å². The van der Waals surface area contributed by atoms with Crippen molar-refractivity contribution in [1.29, 1.82) is 0 Å². The van der Waals surface area contributed by atoms with Crippen LogP contribution in [0.1, 0.15) is 37.6 Å². The Bertz CT molecular complexity index is 479. The molecule has 3 rings (SSSR count). The maximum absolute atomic E-state index is 12.1. The summed E-state index contributed by atoms with van der Waals surface area (Å²) in [5.74, 6) is 0.823. The maximum Gasteiger partial charge on any atom is 0.230 e. The van der Waals surface area contributed by atoms with Crippen LogP contribution in [0, 0.1) is 6.92 Å². The van der Waals surface area contributed by atoms with Crippen LogP contribution in [0.2, 0.25) is 0 Å². The summed E-state index contributed by atoms with van der Waals surface area (Å²) in [7, 11) is 0. The summed E-state index contributed by atoms with van der Waals surface area (Å²) in [4.78, 5) is 16.6. The summed E-state index contributed by atoms with van der Waals surface area (Å²) >= 11 is 0. The number of carbonyl (C=O) groups is 1. The van der Waals surface area contributed by atoms with E-state index in [1.54, 1.807) is 0 Å². The molecule has 0 aliphatic carbocycles. The van der Waals surface area contributed by atoms with Gasteiger partial charge in [0.15, 0.2) is 0 Å². The van der Waals surface area contributed by atoms with Gasteiger partial charge in [0.1, 0.15) is 5.76 Å². The molecule has 2 saturated heterocycles. The van der Waals surface area contributed by atoms with Gasteiger partial charge in [-0.05, 0) is 33.2 Å². The largest absolute Gasteiger partial charge is 0.361 e. The molecule has 1 amide bonds. The minimum Gasteiger partial charge on any atom is -0.361 e. The highest BCUT2D eigenvalue weighted by Crippen LogP contribution is 2.24. The van der Waals surface area contributed by atoms with E-state index in [0.29, 0.717) is 24.3 Å². The van der Waals surface area contributed by atoms with Crippen LogP contribution in [-0.4, -0.2) is 52.6 Å². The summed E-state index contributed by atoms with van der Waals surface area (Å²) in [6.45, 7) is 7.11. The molecule has 0 spiro atoms. The Morgan fingerprint density at radius 2 is 2.25 bits per heavy atom. The fourth-order valence-corrected chi connectivity index (χ4v) is 3.29. The molecule has 2 fully saturated rings. The van der Waals surface area contributed by atoms with E-state index in [1.165, 1.54) is 25.8 Å². The zero-order chi connectivity index (χ0) is 14.1. The number of piperidine rings is 1. The van der Waals surface area contributed by atoms with Crippen molar-refractivity contribution in [1.82, 2.24) is 15.0 Å². The lowest BCUT2D eigenvalue weighted by Gasteiger charge is -2.49. The van der Waals surface area contributed by atoms with Crippen molar-refractivity contribution in [3.63, 3.8) is 0 Å². The average molecular weight is 277 g/mol. The normalized spacial score (nSPS) is 24.7. The lowest BCUT2D eigenvalue weighted by atomic mass is 9.97. The molecule has 20 heavy (non-hydrogen) atoms. The van der Waals surface area contributed by atoms with E-state index in [2.05, 4.69) is 17.0 Å². The zero-order valence-corrected chi connectivity index (χ0v) is 12.3. The van der Waals surface area contributed by atoms with Crippen molar-refractivity contribution in [3.8, 4) is 0 Å². The molecule has 3 heterocycles. The molecule has 2 aliphatic rings. The molecule has 1 aromatic heterocycles. The molecule has 0 N–H and O–H groups in total. The van der Waals surface area contributed by atoms with Gasteiger partial charge in [0.2, 0.25) is 5.91 Å². The molecular formula is C15H23N3O2. The van der Waals surface area contributed by atoms with Gasteiger partial charge in [-0.1, -0.05) is 11.6 Å².